The molecule has 0 atom stereocenters. The Balaban J connectivity index is 1.98. The van der Waals surface area contributed by atoms with E-state index < -0.39 is 0 Å². The molecule has 2 aromatic rings. The summed E-state index contributed by atoms with van der Waals surface area (Å²) < 4.78 is 0. The van der Waals surface area contributed by atoms with Gasteiger partial charge in [-0.3, -0.25) is 10.1 Å². The Labute approximate surface area is 166 Å². The highest BCUT2D eigenvalue weighted by molar-refractivity contribution is 5.71. The van der Waals surface area contributed by atoms with E-state index in [1.807, 2.05) is 54.2 Å². The maximum absolute atomic E-state index is 12.0. The molecule has 0 radical (unpaired) electrons. The van der Waals surface area contributed by atoms with E-state index in [-0.39, 0.29) is 10.6 Å². The molecule has 28 heavy (non-hydrogen) atoms. The molecule has 1 fully saturated rings. The van der Waals surface area contributed by atoms with E-state index in [2.05, 4.69) is 14.9 Å². The van der Waals surface area contributed by atoms with Crippen LogP contribution in [0, 0.1) is 10.1 Å². The Hall–Kier alpha value is -2.74. The van der Waals surface area contributed by atoms with Crippen LogP contribution in [-0.2, 0) is 6.54 Å². The van der Waals surface area contributed by atoms with Crippen molar-refractivity contribution in [1.82, 2.24) is 14.9 Å². The van der Waals surface area contributed by atoms with Crippen molar-refractivity contribution in [3.63, 3.8) is 0 Å². The van der Waals surface area contributed by atoms with E-state index in [0.717, 1.165) is 44.5 Å². The summed E-state index contributed by atoms with van der Waals surface area (Å²) in [6, 6.07) is 9.98. The Morgan fingerprint density at radius 2 is 1.79 bits per heavy atom. The van der Waals surface area contributed by atoms with E-state index in [4.69, 9.17) is 0 Å². The summed E-state index contributed by atoms with van der Waals surface area (Å²) in [7, 11) is 3.99. The van der Waals surface area contributed by atoms with Gasteiger partial charge < -0.3 is 14.7 Å². The molecule has 150 valence electrons. The van der Waals surface area contributed by atoms with Crippen molar-refractivity contribution >= 4 is 17.3 Å². The highest BCUT2D eigenvalue weighted by Gasteiger charge is 2.30. The van der Waals surface area contributed by atoms with Gasteiger partial charge in [0.2, 0.25) is 11.6 Å². The highest BCUT2D eigenvalue weighted by Crippen LogP contribution is 2.35. The second-order valence-corrected chi connectivity index (χ2v) is 7.38. The zero-order chi connectivity index (χ0) is 19.9. The van der Waals surface area contributed by atoms with Crippen molar-refractivity contribution in [2.75, 3.05) is 50.1 Å². The van der Waals surface area contributed by atoms with Crippen LogP contribution in [-0.4, -0.2) is 60.1 Å². The number of nitro groups is 1. The van der Waals surface area contributed by atoms with Crippen LogP contribution in [0.4, 0.5) is 17.3 Å². The fourth-order valence-electron chi connectivity index (χ4n) is 3.48. The summed E-state index contributed by atoms with van der Waals surface area (Å²) in [5.74, 6) is 0.837. The first-order valence-corrected chi connectivity index (χ1v) is 9.74. The van der Waals surface area contributed by atoms with Crippen LogP contribution in [0.5, 0.6) is 0 Å². The molecular formula is C20H28N6O2. The van der Waals surface area contributed by atoms with Crippen LogP contribution in [0.2, 0.25) is 0 Å². The Kier molecular flexibility index (Phi) is 6.76. The molecule has 0 amide bonds. The highest BCUT2D eigenvalue weighted by atomic mass is 16.6. The average Bonchev–Trinajstić information content (AvgIpc) is 2.71. The summed E-state index contributed by atoms with van der Waals surface area (Å²) in [4.78, 5) is 26.5. The fourth-order valence-corrected chi connectivity index (χ4v) is 3.48. The molecule has 0 spiro atoms. The minimum Gasteiger partial charge on any atom is -0.351 e. The number of hydrogen-bond acceptors (Lipinski definition) is 7. The third-order valence-electron chi connectivity index (χ3n) is 4.95. The van der Waals surface area contributed by atoms with Gasteiger partial charge in [-0.2, -0.15) is 0 Å². The van der Waals surface area contributed by atoms with Crippen LogP contribution >= 0.6 is 0 Å². The van der Waals surface area contributed by atoms with Gasteiger partial charge in [0.15, 0.2) is 0 Å². The smallest absolute Gasteiger partial charge is 0.351 e. The van der Waals surface area contributed by atoms with Crippen LogP contribution < -0.4 is 9.80 Å². The molecule has 1 aliphatic rings. The molecule has 0 saturated carbocycles. The second-order valence-electron chi connectivity index (χ2n) is 7.38. The van der Waals surface area contributed by atoms with Gasteiger partial charge in [-0.25, -0.2) is 9.97 Å². The topological polar surface area (TPSA) is 78.6 Å². The second kappa shape index (κ2) is 9.45. The lowest BCUT2D eigenvalue weighted by Crippen LogP contribution is -2.34. The van der Waals surface area contributed by atoms with Gasteiger partial charge in [0, 0.05) is 32.7 Å². The monoisotopic (exact) mass is 384 g/mol. The Morgan fingerprint density at radius 3 is 2.43 bits per heavy atom. The molecule has 0 aliphatic carbocycles. The zero-order valence-electron chi connectivity index (χ0n) is 16.6. The first-order valence-electron chi connectivity index (χ1n) is 9.74. The molecule has 1 aromatic heterocycles. The number of benzene rings is 1. The third kappa shape index (κ3) is 4.95. The van der Waals surface area contributed by atoms with Gasteiger partial charge in [-0.15, -0.1) is 0 Å². The zero-order valence-corrected chi connectivity index (χ0v) is 16.6. The van der Waals surface area contributed by atoms with Crippen LogP contribution in [0.3, 0.4) is 0 Å². The van der Waals surface area contributed by atoms with Crippen LogP contribution in [0.1, 0.15) is 24.8 Å². The van der Waals surface area contributed by atoms with E-state index >= 15 is 0 Å². The van der Waals surface area contributed by atoms with E-state index in [1.165, 1.54) is 6.33 Å². The largest absolute Gasteiger partial charge is 0.353 e. The number of rotatable bonds is 8. The molecule has 0 bridgehead atoms. The number of hydrogen-bond donors (Lipinski definition) is 0. The van der Waals surface area contributed by atoms with Crippen LogP contribution in [0.15, 0.2) is 36.7 Å². The van der Waals surface area contributed by atoms with Gasteiger partial charge in [-0.1, -0.05) is 30.3 Å². The number of piperidine rings is 1. The molecular weight excluding hydrogens is 356 g/mol. The lowest BCUT2D eigenvalue weighted by molar-refractivity contribution is -0.383. The summed E-state index contributed by atoms with van der Waals surface area (Å²) in [5, 5.41) is 12.0. The molecule has 1 aromatic carbocycles. The van der Waals surface area contributed by atoms with Gasteiger partial charge >= 0.3 is 5.69 Å². The normalized spacial score (nSPS) is 14.3. The Morgan fingerprint density at radius 1 is 1.07 bits per heavy atom. The number of aromatic nitrogens is 2. The van der Waals surface area contributed by atoms with Crippen molar-refractivity contribution in [3.05, 3.63) is 52.3 Å². The first-order chi connectivity index (χ1) is 13.6. The minimum atomic E-state index is -0.326. The van der Waals surface area contributed by atoms with Gasteiger partial charge in [0.1, 0.15) is 6.33 Å². The van der Waals surface area contributed by atoms with Crippen molar-refractivity contribution < 1.29 is 4.92 Å². The van der Waals surface area contributed by atoms with E-state index in [0.29, 0.717) is 24.7 Å². The maximum atomic E-state index is 12.0. The summed E-state index contributed by atoms with van der Waals surface area (Å²) >= 11 is 0. The van der Waals surface area contributed by atoms with E-state index in [1.54, 1.807) is 0 Å². The SMILES string of the molecule is CN(C)CCN(Cc1ccccc1)c1ncnc(N2CCCCC2)c1[N+](=O)[O-]. The molecule has 8 heteroatoms. The van der Waals surface area contributed by atoms with Gasteiger partial charge in [-0.05, 0) is 38.9 Å². The standard InChI is InChI=1S/C20H28N6O2/c1-23(2)13-14-25(15-17-9-5-3-6-10-17)20-18(26(27)28)19(21-16-22-20)24-11-7-4-8-12-24/h3,5-6,9-10,16H,4,7-8,11-15H2,1-2H3. The first kappa shape index (κ1) is 20.0. The quantitative estimate of drug-likeness (QED) is 0.511. The predicted octanol–water partition coefficient (Wildman–Crippen LogP) is 2.94. The summed E-state index contributed by atoms with van der Waals surface area (Å²) in [6.45, 7) is 3.57. The molecule has 3 rings (SSSR count). The van der Waals surface area contributed by atoms with E-state index in [9.17, 15) is 10.1 Å². The Bertz CT molecular complexity index is 778. The average molecular weight is 384 g/mol. The molecule has 0 N–H and O–H groups in total. The molecule has 0 unspecified atom stereocenters. The molecule has 2 heterocycles. The molecule has 1 saturated heterocycles. The number of nitrogens with zero attached hydrogens (tertiary/aromatic N) is 6. The van der Waals surface area contributed by atoms with Crippen molar-refractivity contribution in [2.45, 2.75) is 25.8 Å². The molecule has 8 nitrogen and oxygen atoms in total. The number of likely N-dealkylation sites (N-methyl/N-ethyl adjacent to an activating group) is 1. The van der Waals surface area contributed by atoms with Crippen molar-refractivity contribution in [2.24, 2.45) is 0 Å². The van der Waals surface area contributed by atoms with Crippen LogP contribution in [0.25, 0.3) is 0 Å². The van der Waals surface area contributed by atoms with Gasteiger partial charge in [0.05, 0.1) is 4.92 Å². The summed E-state index contributed by atoms with van der Waals surface area (Å²) in [6.07, 6.45) is 4.68. The minimum absolute atomic E-state index is 0.0130. The van der Waals surface area contributed by atoms with Gasteiger partial charge in [0.25, 0.3) is 0 Å². The predicted molar refractivity (Wildman–Crippen MR) is 111 cm³/mol. The fraction of sp³-hybridized carbons (Fsp3) is 0.500. The number of anilines is 2. The maximum Gasteiger partial charge on any atom is 0.353 e. The lowest BCUT2D eigenvalue weighted by atomic mass is 10.1. The van der Waals surface area contributed by atoms with Crippen molar-refractivity contribution in [3.8, 4) is 0 Å². The summed E-state index contributed by atoms with van der Waals surface area (Å²) in [5.41, 5.74) is 1.10. The lowest BCUT2D eigenvalue weighted by Gasteiger charge is -2.29. The third-order valence-corrected chi connectivity index (χ3v) is 4.95. The molecule has 1 aliphatic heterocycles. The van der Waals surface area contributed by atoms with Crippen molar-refractivity contribution in [1.29, 1.82) is 0 Å².